The van der Waals surface area contributed by atoms with Crippen LogP contribution in [-0.4, -0.2) is 22.1 Å². The van der Waals surface area contributed by atoms with Crippen molar-refractivity contribution in [2.45, 2.75) is 13.8 Å². The Hall–Kier alpha value is -1.68. The van der Waals surface area contributed by atoms with Crippen LogP contribution in [0, 0.1) is 13.8 Å². The Morgan fingerprint density at radius 1 is 1.00 bits per heavy atom. The number of ether oxygens (including phenoxy) is 1. The van der Waals surface area contributed by atoms with Crippen LogP contribution in [0.1, 0.15) is 11.1 Å². The largest absolute Gasteiger partial charge is 0.467 e. The van der Waals surface area contributed by atoms with E-state index in [-0.39, 0.29) is 11.3 Å². The average molecular weight is 250 g/mol. The minimum atomic E-state index is 0.131. The molecule has 2 rings (SSSR count). The summed E-state index contributed by atoms with van der Waals surface area (Å²) in [7, 11) is 1.50. The number of hydrogen-bond acceptors (Lipinski definition) is 4. The van der Waals surface area contributed by atoms with E-state index >= 15 is 0 Å². The Balaban J connectivity index is 2.55. The van der Waals surface area contributed by atoms with Gasteiger partial charge in [-0.2, -0.15) is 15.0 Å². The highest BCUT2D eigenvalue weighted by Gasteiger charge is 2.08. The third kappa shape index (κ3) is 2.71. The van der Waals surface area contributed by atoms with Gasteiger partial charge in [0.15, 0.2) is 5.82 Å². The highest BCUT2D eigenvalue weighted by molar-refractivity contribution is 6.28. The average Bonchev–Trinajstić information content (AvgIpc) is 2.26. The summed E-state index contributed by atoms with van der Waals surface area (Å²) in [6, 6.07) is 6.30. The molecule has 0 saturated heterocycles. The molecule has 0 fully saturated rings. The Bertz CT molecular complexity index is 537. The van der Waals surface area contributed by atoms with Crippen molar-refractivity contribution in [1.82, 2.24) is 15.0 Å². The maximum Gasteiger partial charge on any atom is 0.321 e. The summed E-state index contributed by atoms with van der Waals surface area (Å²) < 4.78 is 4.97. The third-order valence-electron chi connectivity index (χ3n) is 2.25. The molecule has 88 valence electrons. The summed E-state index contributed by atoms with van der Waals surface area (Å²) >= 11 is 5.82. The van der Waals surface area contributed by atoms with E-state index in [1.54, 1.807) is 0 Å². The number of methoxy groups -OCH3 is 1. The topological polar surface area (TPSA) is 47.9 Å². The van der Waals surface area contributed by atoms with Gasteiger partial charge in [0.1, 0.15) is 0 Å². The molecule has 0 aliphatic heterocycles. The highest BCUT2D eigenvalue weighted by Crippen LogP contribution is 2.21. The second-order valence-electron chi connectivity index (χ2n) is 3.79. The molecule has 0 amide bonds. The van der Waals surface area contributed by atoms with E-state index in [0.717, 1.165) is 16.7 Å². The maximum atomic E-state index is 5.82. The molecule has 0 spiro atoms. The lowest BCUT2D eigenvalue weighted by molar-refractivity contribution is 0.379. The van der Waals surface area contributed by atoms with Crippen LogP contribution in [0.3, 0.4) is 0 Å². The van der Waals surface area contributed by atoms with Crippen molar-refractivity contribution < 1.29 is 4.74 Å². The molecule has 0 bridgehead atoms. The van der Waals surface area contributed by atoms with Gasteiger partial charge in [-0.25, -0.2) is 0 Å². The molecule has 1 aromatic heterocycles. The van der Waals surface area contributed by atoms with Crippen LogP contribution in [0.15, 0.2) is 18.2 Å². The summed E-state index contributed by atoms with van der Waals surface area (Å²) in [6.45, 7) is 4.05. The molecule has 0 atom stereocenters. The van der Waals surface area contributed by atoms with E-state index in [4.69, 9.17) is 16.3 Å². The van der Waals surface area contributed by atoms with Gasteiger partial charge in [0.2, 0.25) is 5.28 Å². The van der Waals surface area contributed by atoms with Crippen LogP contribution in [0.5, 0.6) is 6.01 Å². The molecular weight excluding hydrogens is 238 g/mol. The van der Waals surface area contributed by atoms with Gasteiger partial charge in [-0.1, -0.05) is 17.2 Å². The predicted molar refractivity (Wildman–Crippen MR) is 66.3 cm³/mol. The second kappa shape index (κ2) is 4.67. The Morgan fingerprint density at radius 2 is 1.65 bits per heavy atom. The van der Waals surface area contributed by atoms with E-state index in [2.05, 4.69) is 21.0 Å². The maximum absolute atomic E-state index is 5.82. The monoisotopic (exact) mass is 249 g/mol. The normalized spacial score (nSPS) is 10.4. The first-order valence-electron chi connectivity index (χ1n) is 5.13. The second-order valence-corrected chi connectivity index (χ2v) is 4.13. The fraction of sp³-hybridized carbons (Fsp3) is 0.250. The lowest BCUT2D eigenvalue weighted by Gasteiger charge is -2.05. The van der Waals surface area contributed by atoms with Crippen molar-refractivity contribution in [3.8, 4) is 17.4 Å². The Kier molecular flexibility index (Phi) is 3.24. The van der Waals surface area contributed by atoms with Crippen molar-refractivity contribution in [3.63, 3.8) is 0 Å². The zero-order chi connectivity index (χ0) is 12.4. The van der Waals surface area contributed by atoms with Crippen LogP contribution in [-0.2, 0) is 0 Å². The van der Waals surface area contributed by atoms with Crippen LogP contribution < -0.4 is 4.74 Å². The van der Waals surface area contributed by atoms with Gasteiger partial charge in [-0.3, -0.25) is 0 Å². The zero-order valence-electron chi connectivity index (χ0n) is 9.86. The van der Waals surface area contributed by atoms with E-state index in [1.165, 1.54) is 7.11 Å². The lowest BCUT2D eigenvalue weighted by Crippen LogP contribution is -1.98. The van der Waals surface area contributed by atoms with E-state index in [1.807, 2.05) is 26.0 Å². The molecule has 0 unspecified atom stereocenters. The minimum Gasteiger partial charge on any atom is -0.467 e. The molecule has 0 aliphatic rings. The molecular formula is C12H12ClN3O. The standard InChI is InChI=1S/C12H12ClN3O/c1-7-4-8(2)6-9(5-7)10-14-11(13)16-12(15-10)17-3/h4-6H,1-3H3. The minimum absolute atomic E-state index is 0.131. The lowest BCUT2D eigenvalue weighted by atomic mass is 10.1. The van der Waals surface area contributed by atoms with Gasteiger partial charge in [0.05, 0.1) is 7.11 Å². The number of halogens is 1. The van der Waals surface area contributed by atoms with Crippen molar-refractivity contribution in [2.24, 2.45) is 0 Å². The predicted octanol–water partition coefficient (Wildman–Crippen LogP) is 2.82. The summed E-state index contributed by atoms with van der Waals surface area (Å²) in [6.07, 6.45) is 0. The number of nitrogens with zero attached hydrogens (tertiary/aromatic N) is 3. The third-order valence-corrected chi connectivity index (χ3v) is 2.42. The fourth-order valence-corrected chi connectivity index (χ4v) is 1.81. The zero-order valence-corrected chi connectivity index (χ0v) is 10.6. The van der Waals surface area contributed by atoms with Gasteiger partial charge < -0.3 is 4.74 Å². The molecule has 4 nitrogen and oxygen atoms in total. The van der Waals surface area contributed by atoms with Gasteiger partial charge in [-0.15, -0.1) is 0 Å². The number of rotatable bonds is 2. The van der Waals surface area contributed by atoms with Crippen molar-refractivity contribution >= 4 is 11.6 Å². The molecule has 1 heterocycles. The summed E-state index contributed by atoms with van der Waals surface area (Å²) in [4.78, 5) is 12.1. The summed E-state index contributed by atoms with van der Waals surface area (Å²) in [5, 5.41) is 0.131. The number of aromatic nitrogens is 3. The van der Waals surface area contributed by atoms with Gasteiger partial charge >= 0.3 is 6.01 Å². The fourth-order valence-electron chi connectivity index (χ4n) is 1.66. The first-order chi connectivity index (χ1) is 8.08. The molecule has 0 aliphatic carbocycles. The van der Waals surface area contributed by atoms with E-state index < -0.39 is 0 Å². The van der Waals surface area contributed by atoms with Crippen molar-refractivity contribution in [2.75, 3.05) is 7.11 Å². The first-order valence-corrected chi connectivity index (χ1v) is 5.50. The highest BCUT2D eigenvalue weighted by atomic mass is 35.5. The van der Waals surface area contributed by atoms with Gasteiger partial charge in [0, 0.05) is 5.56 Å². The smallest absolute Gasteiger partial charge is 0.321 e. The van der Waals surface area contributed by atoms with Gasteiger partial charge in [-0.05, 0) is 37.6 Å². The summed E-state index contributed by atoms with van der Waals surface area (Å²) in [5.41, 5.74) is 3.20. The SMILES string of the molecule is COc1nc(Cl)nc(-c2cc(C)cc(C)c2)n1. The van der Waals surface area contributed by atoms with E-state index in [9.17, 15) is 0 Å². The summed E-state index contributed by atoms with van der Waals surface area (Å²) in [5.74, 6) is 0.522. The van der Waals surface area contributed by atoms with Crippen LogP contribution in [0.2, 0.25) is 5.28 Å². The Labute approximate surface area is 105 Å². The number of hydrogen-bond donors (Lipinski definition) is 0. The van der Waals surface area contributed by atoms with Gasteiger partial charge in [0.25, 0.3) is 0 Å². The molecule has 5 heteroatoms. The molecule has 0 radical (unpaired) electrons. The molecule has 0 saturated carbocycles. The molecule has 1 aromatic carbocycles. The van der Waals surface area contributed by atoms with E-state index in [0.29, 0.717) is 5.82 Å². The molecule has 0 N–H and O–H groups in total. The molecule has 2 aromatic rings. The number of benzene rings is 1. The van der Waals surface area contributed by atoms with Crippen molar-refractivity contribution in [1.29, 1.82) is 0 Å². The van der Waals surface area contributed by atoms with Crippen molar-refractivity contribution in [3.05, 3.63) is 34.6 Å². The first kappa shape index (κ1) is 11.8. The Morgan fingerprint density at radius 3 is 2.24 bits per heavy atom. The number of aryl methyl sites for hydroxylation is 2. The van der Waals surface area contributed by atoms with Crippen LogP contribution in [0.25, 0.3) is 11.4 Å². The molecule has 17 heavy (non-hydrogen) atoms. The van der Waals surface area contributed by atoms with Crippen LogP contribution in [0.4, 0.5) is 0 Å². The quantitative estimate of drug-likeness (QED) is 0.821. The van der Waals surface area contributed by atoms with Crippen LogP contribution >= 0.6 is 11.6 Å².